The highest BCUT2D eigenvalue weighted by Gasteiger charge is 2.10. The molecule has 1 heterocycles. The van der Waals surface area contributed by atoms with E-state index in [1.165, 1.54) is 6.07 Å². The van der Waals surface area contributed by atoms with Crippen molar-refractivity contribution in [3.63, 3.8) is 0 Å². The molecular formula is C12H13F2N3O. The quantitative estimate of drug-likeness (QED) is 0.902. The summed E-state index contributed by atoms with van der Waals surface area (Å²) < 4.78 is 30.8. The molecule has 0 spiro atoms. The average Bonchev–Trinajstić information content (AvgIpc) is 2.70. The molecule has 2 rings (SSSR count). The topological polar surface area (TPSA) is 64.9 Å². The van der Waals surface area contributed by atoms with Gasteiger partial charge < -0.3 is 10.3 Å². The smallest absolute Gasteiger partial charge is 0.231 e. The molecule has 0 bridgehead atoms. The zero-order valence-corrected chi connectivity index (χ0v) is 9.86. The van der Waals surface area contributed by atoms with Crippen LogP contribution in [0.3, 0.4) is 0 Å². The SMILES string of the molecule is CC(N)Cc1noc(Cc2ccc(F)c(F)c2)n1. The van der Waals surface area contributed by atoms with Crippen LogP contribution in [0.5, 0.6) is 0 Å². The molecule has 0 radical (unpaired) electrons. The van der Waals surface area contributed by atoms with Gasteiger partial charge in [0.25, 0.3) is 0 Å². The standard InChI is InChI=1S/C12H13F2N3O/c1-7(15)4-11-16-12(18-17-11)6-8-2-3-9(13)10(14)5-8/h2-3,5,7H,4,6,15H2,1H3. The predicted molar refractivity (Wildman–Crippen MR) is 60.8 cm³/mol. The van der Waals surface area contributed by atoms with Crippen molar-refractivity contribution in [2.45, 2.75) is 25.8 Å². The highest BCUT2D eigenvalue weighted by molar-refractivity contribution is 5.20. The summed E-state index contributed by atoms with van der Waals surface area (Å²) in [6.45, 7) is 1.84. The van der Waals surface area contributed by atoms with Crippen LogP contribution in [-0.4, -0.2) is 16.2 Å². The zero-order chi connectivity index (χ0) is 13.1. The molecule has 0 aliphatic heterocycles. The van der Waals surface area contributed by atoms with Crippen LogP contribution in [-0.2, 0) is 12.8 Å². The van der Waals surface area contributed by atoms with E-state index in [2.05, 4.69) is 10.1 Å². The van der Waals surface area contributed by atoms with Crippen LogP contribution in [0, 0.1) is 11.6 Å². The van der Waals surface area contributed by atoms with E-state index in [0.29, 0.717) is 23.7 Å². The number of aromatic nitrogens is 2. The molecule has 0 aliphatic rings. The van der Waals surface area contributed by atoms with E-state index in [9.17, 15) is 8.78 Å². The summed E-state index contributed by atoms with van der Waals surface area (Å²) in [7, 11) is 0. The summed E-state index contributed by atoms with van der Waals surface area (Å²) in [5.41, 5.74) is 6.18. The minimum absolute atomic E-state index is 0.0567. The lowest BCUT2D eigenvalue weighted by atomic mass is 10.1. The van der Waals surface area contributed by atoms with Gasteiger partial charge in [-0.05, 0) is 24.6 Å². The van der Waals surface area contributed by atoms with Crippen molar-refractivity contribution in [1.29, 1.82) is 0 Å². The molecule has 2 N–H and O–H groups in total. The Kier molecular flexibility index (Phi) is 3.66. The van der Waals surface area contributed by atoms with E-state index < -0.39 is 11.6 Å². The number of rotatable bonds is 4. The summed E-state index contributed by atoms with van der Waals surface area (Å²) in [5.74, 6) is -0.885. The van der Waals surface area contributed by atoms with Crippen molar-refractivity contribution in [2.75, 3.05) is 0 Å². The predicted octanol–water partition coefficient (Wildman–Crippen LogP) is 1.83. The Balaban J connectivity index is 2.08. The van der Waals surface area contributed by atoms with E-state index in [1.807, 2.05) is 6.92 Å². The third-order valence-electron chi connectivity index (χ3n) is 2.35. The first-order valence-electron chi connectivity index (χ1n) is 5.55. The largest absolute Gasteiger partial charge is 0.339 e. The lowest BCUT2D eigenvalue weighted by Gasteiger charge is -1.98. The van der Waals surface area contributed by atoms with Crippen molar-refractivity contribution in [3.05, 3.63) is 47.1 Å². The Morgan fingerprint density at radius 1 is 1.33 bits per heavy atom. The highest BCUT2D eigenvalue weighted by Crippen LogP contribution is 2.12. The van der Waals surface area contributed by atoms with Crippen LogP contribution in [0.15, 0.2) is 22.7 Å². The maximum atomic E-state index is 13.0. The monoisotopic (exact) mass is 253 g/mol. The van der Waals surface area contributed by atoms with Gasteiger partial charge in [0.15, 0.2) is 17.5 Å². The van der Waals surface area contributed by atoms with Gasteiger partial charge in [0.2, 0.25) is 5.89 Å². The van der Waals surface area contributed by atoms with Crippen LogP contribution < -0.4 is 5.73 Å². The first kappa shape index (κ1) is 12.6. The molecule has 1 aromatic heterocycles. The van der Waals surface area contributed by atoms with Crippen molar-refractivity contribution >= 4 is 0 Å². The van der Waals surface area contributed by atoms with Gasteiger partial charge in [-0.3, -0.25) is 0 Å². The maximum Gasteiger partial charge on any atom is 0.231 e. The Hall–Kier alpha value is -1.82. The van der Waals surface area contributed by atoms with Gasteiger partial charge in [-0.15, -0.1) is 0 Å². The van der Waals surface area contributed by atoms with Gasteiger partial charge in [0.1, 0.15) is 0 Å². The van der Waals surface area contributed by atoms with Gasteiger partial charge in [-0.1, -0.05) is 11.2 Å². The minimum atomic E-state index is -0.886. The maximum absolute atomic E-state index is 13.0. The number of nitrogens with two attached hydrogens (primary N) is 1. The molecule has 0 fully saturated rings. The molecule has 18 heavy (non-hydrogen) atoms. The number of halogens is 2. The summed E-state index contributed by atoms with van der Waals surface area (Å²) in [6.07, 6.45) is 0.782. The molecular weight excluding hydrogens is 240 g/mol. The first-order valence-corrected chi connectivity index (χ1v) is 5.55. The van der Waals surface area contributed by atoms with E-state index in [0.717, 1.165) is 12.1 Å². The van der Waals surface area contributed by atoms with Gasteiger partial charge in [-0.25, -0.2) is 8.78 Å². The first-order chi connectivity index (χ1) is 8.54. The lowest BCUT2D eigenvalue weighted by Crippen LogP contribution is -2.18. The minimum Gasteiger partial charge on any atom is -0.339 e. The molecule has 6 heteroatoms. The zero-order valence-electron chi connectivity index (χ0n) is 9.86. The molecule has 1 unspecified atom stereocenters. The number of hydrogen-bond donors (Lipinski definition) is 1. The molecule has 1 atom stereocenters. The molecule has 0 saturated carbocycles. The fourth-order valence-corrected chi connectivity index (χ4v) is 1.56. The summed E-state index contributed by atoms with van der Waals surface area (Å²) in [6, 6.07) is 3.61. The van der Waals surface area contributed by atoms with Crippen molar-refractivity contribution in [2.24, 2.45) is 5.73 Å². The van der Waals surface area contributed by atoms with Crippen molar-refractivity contribution < 1.29 is 13.3 Å². The van der Waals surface area contributed by atoms with Crippen molar-refractivity contribution in [1.82, 2.24) is 10.1 Å². The summed E-state index contributed by atoms with van der Waals surface area (Å²) >= 11 is 0. The third-order valence-corrected chi connectivity index (χ3v) is 2.35. The number of hydrogen-bond acceptors (Lipinski definition) is 4. The lowest BCUT2D eigenvalue weighted by molar-refractivity contribution is 0.378. The van der Waals surface area contributed by atoms with E-state index in [-0.39, 0.29) is 12.5 Å². The molecule has 96 valence electrons. The fraction of sp³-hybridized carbons (Fsp3) is 0.333. The van der Waals surface area contributed by atoms with E-state index >= 15 is 0 Å². The van der Waals surface area contributed by atoms with Crippen LogP contribution in [0.2, 0.25) is 0 Å². The Morgan fingerprint density at radius 2 is 2.11 bits per heavy atom. The molecule has 0 aliphatic carbocycles. The van der Waals surface area contributed by atoms with Crippen LogP contribution in [0.1, 0.15) is 24.2 Å². The third kappa shape index (κ3) is 3.10. The van der Waals surface area contributed by atoms with Gasteiger partial charge >= 0.3 is 0 Å². The Morgan fingerprint density at radius 3 is 2.78 bits per heavy atom. The fourth-order valence-electron chi connectivity index (χ4n) is 1.56. The van der Waals surface area contributed by atoms with Gasteiger partial charge in [0, 0.05) is 12.5 Å². The highest BCUT2D eigenvalue weighted by atomic mass is 19.2. The summed E-state index contributed by atoms with van der Waals surface area (Å²) in [4.78, 5) is 4.12. The van der Waals surface area contributed by atoms with Crippen LogP contribution in [0.25, 0.3) is 0 Å². The van der Waals surface area contributed by atoms with E-state index in [1.54, 1.807) is 0 Å². The second-order valence-corrected chi connectivity index (χ2v) is 4.21. The Bertz CT molecular complexity index is 540. The normalized spacial score (nSPS) is 12.7. The molecule has 2 aromatic rings. The van der Waals surface area contributed by atoms with Gasteiger partial charge in [0.05, 0.1) is 6.42 Å². The number of nitrogens with zero attached hydrogens (tertiary/aromatic N) is 2. The second-order valence-electron chi connectivity index (χ2n) is 4.21. The Labute approximate surface area is 103 Å². The van der Waals surface area contributed by atoms with E-state index in [4.69, 9.17) is 10.3 Å². The molecule has 0 saturated heterocycles. The molecule has 4 nitrogen and oxygen atoms in total. The average molecular weight is 253 g/mol. The summed E-state index contributed by atoms with van der Waals surface area (Å²) in [5, 5.41) is 3.76. The van der Waals surface area contributed by atoms with Gasteiger partial charge in [-0.2, -0.15) is 4.98 Å². The molecule has 0 amide bonds. The second kappa shape index (κ2) is 5.22. The number of benzene rings is 1. The van der Waals surface area contributed by atoms with Crippen LogP contribution in [0.4, 0.5) is 8.78 Å². The molecule has 1 aromatic carbocycles. The van der Waals surface area contributed by atoms with Crippen LogP contribution >= 0.6 is 0 Å². The van der Waals surface area contributed by atoms with Crippen molar-refractivity contribution in [3.8, 4) is 0 Å².